The molecule has 2 heteroatoms. The molecule has 0 radical (unpaired) electrons. The summed E-state index contributed by atoms with van der Waals surface area (Å²) in [6, 6.07) is 35.5. The van der Waals surface area contributed by atoms with Gasteiger partial charge >= 0.3 is 166 Å². The summed E-state index contributed by atoms with van der Waals surface area (Å²) in [6.45, 7) is 0. The van der Waals surface area contributed by atoms with E-state index in [0.717, 1.165) is 5.56 Å². The summed E-state index contributed by atoms with van der Waals surface area (Å²) in [5.74, 6) is 0. The first kappa shape index (κ1) is 17.3. The monoisotopic (exact) mass is 411 g/mol. The standard InChI is InChI=1S/C25H17NSe/c26-18-22(19-10-4-1-5-11-19)16-25-23(20-12-6-2-7-13-20)17-24(27-25)21-14-8-3-9-15-21/h1-17H/b22-16-. The van der Waals surface area contributed by atoms with Gasteiger partial charge in [-0.15, -0.1) is 0 Å². The summed E-state index contributed by atoms with van der Waals surface area (Å²) >= 11 is 0.156. The Morgan fingerprint density at radius 2 is 1.30 bits per heavy atom. The summed E-state index contributed by atoms with van der Waals surface area (Å²) in [5.41, 5.74) is 5.35. The number of hydrogen-bond donors (Lipinski definition) is 0. The first-order valence-corrected chi connectivity index (χ1v) is 10.5. The van der Waals surface area contributed by atoms with Gasteiger partial charge in [-0.3, -0.25) is 0 Å². The van der Waals surface area contributed by atoms with Crippen molar-refractivity contribution in [3.05, 3.63) is 107 Å². The molecule has 128 valence electrons. The van der Waals surface area contributed by atoms with Gasteiger partial charge < -0.3 is 0 Å². The zero-order valence-corrected chi connectivity index (χ0v) is 16.4. The van der Waals surface area contributed by atoms with Gasteiger partial charge in [0.2, 0.25) is 0 Å². The predicted octanol–water partition coefficient (Wildman–Crippen LogP) is 6.14. The number of nitriles is 1. The predicted molar refractivity (Wildman–Crippen MR) is 114 cm³/mol. The van der Waals surface area contributed by atoms with Gasteiger partial charge in [-0.2, -0.15) is 0 Å². The zero-order valence-electron chi connectivity index (χ0n) is 14.7. The molecule has 1 aromatic heterocycles. The average Bonchev–Trinajstić information content (AvgIpc) is 3.18. The molecule has 0 amide bonds. The Balaban J connectivity index is 1.87. The first-order valence-electron chi connectivity index (χ1n) is 8.77. The van der Waals surface area contributed by atoms with Crippen molar-refractivity contribution >= 4 is 26.2 Å². The molecule has 1 nitrogen and oxygen atoms in total. The topological polar surface area (TPSA) is 23.8 Å². The van der Waals surface area contributed by atoms with E-state index in [9.17, 15) is 5.26 Å². The van der Waals surface area contributed by atoms with Gasteiger partial charge in [0.1, 0.15) is 0 Å². The fourth-order valence-corrected chi connectivity index (χ4v) is 5.40. The van der Waals surface area contributed by atoms with Gasteiger partial charge in [-0.05, 0) is 0 Å². The Hall–Kier alpha value is -3.11. The van der Waals surface area contributed by atoms with E-state index >= 15 is 0 Å². The molecule has 0 N–H and O–H groups in total. The number of hydrogen-bond acceptors (Lipinski definition) is 1. The van der Waals surface area contributed by atoms with Crippen LogP contribution in [-0.2, 0) is 0 Å². The Morgan fingerprint density at radius 3 is 1.89 bits per heavy atom. The average molecular weight is 410 g/mol. The second kappa shape index (κ2) is 8.06. The van der Waals surface area contributed by atoms with Gasteiger partial charge in [0, 0.05) is 0 Å². The van der Waals surface area contributed by atoms with Crippen LogP contribution in [0.4, 0.5) is 0 Å². The Bertz CT molecular complexity index is 1100. The third-order valence-electron chi connectivity index (χ3n) is 4.38. The number of nitrogens with zero attached hydrogens (tertiary/aromatic N) is 1. The molecule has 0 saturated heterocycles. The number of rotatable bonds is 4. The summed E-state index contributed by atoms with van der Waals surface area (Å²) in [4.78, 5) is 0. The second-order valence-electron chi connectivity index (χ2n) is 6.16. The molecule has 0 atom stereocenters. The van der Waals surface area contributed by atoms with Gasteiger partial charge in [0.05, 0.1) is 0 Å². The van der Waals surface area contributed by atoms with Crippen molar-refractivity contribution < 1.29 is 0 Å². The van der Waals surface area contributed by atoms with E-state index in [1.807, 2.05) is 42.5 Å². The van der Waals surface area contributed by atoms with E-state index in [1.165, 1.54) is 25.6 Å². The van der Waals surface area contributed by atoms with E-state index < -0.39 is 0 Å². The van der Waals surface area contributed by atoms with Crippen LogP contribution in [0.5, 0.6) is 0 Å². The second-order valence-corrected chi connectivity index (χ2v) is 8.43. The van der Waals surface area contributed by atoms with E-state index in [-0.39, 0.29) is 14.5 Å². The van der Waals surface area contributed by atoms with Crippen LogP contribution in [0.15, 0.2) is 97.1 Å². The molecular formula is C25H17NSe. The van der Waals surface area contributed by atoms with Crippen LogP contribution in [0, 0.1) is 11.3 Å². The minimum absolute atomic E-state index is 0.156. The third kappa shape index (κ3) is 3.86. The fraction of sp³-hybridized carbons (Fsp3) is 0. The van der Waals surface area contributed by atoms with Gasteiger partial charge in [-0.1, -0.05) is 0 Å². The van der Waals surface area contributed by atoms with Crippen molar-refractivity contribution in [3.63, 3.8) is 0 Å². The fourth-order valence-electron chi connectivity index (χ4n) is 3.03. The molecule has 0 spiro atoms. The number of benzene rings is 3. The van der Waals surface area contributed by atoms with Crippen LogP contribution in [0.3, 0.4) is 0 Å². The number of allylic oxidation sites excluding steroid dienone is 1. The van der Waals surface area contributed by atoms with Gasteiger partial charge in [0.15, 0.2) is 0 Å². The van der Waals surface area contributed by atoms with E-state index in [4.69, 9.17) is 0 Å². The van der Waals surface area contributed by atoms with Crippen LogP contribution in [0.25, 0.3) is 32.8 Å². The third-order valence-corrected chi connectivity index (χ3v) is 6.76. The van der Waals surface area contributed by atoms with Crippen molar-refractivity contribution in [1.29, 1.82) is 5.26 Å². The molecule has 4 rings (SSSR count). The van der Waals surface area contributed by atoms with Crippen LogP contribution in [0.1, 0.15) is 10.0 Å². The molecular weight excluding hydrogens is 393 g/mol. The molecule has 0 bridgehead atoms. The minimum atomic E-state index is 0.156. The quantitative estimate of drug-likeness (QED) is 0.293. The molecule has 0 aliphatic carbocycles. The SMILES string of the molecule is N#C/C(=C/c1[se]c(-c2ccccc2)cc1-c1ccccc1)c1ccccc1. The maximum absolute atomic E-state index is 9.73. The van der Waals surface area contributed by atoms with E-state index in [1.54, 1.807) is 0 Å². The molecule has 4 aromatic rings. The normalized spacial score (nSPS) is 11.1. The van der Waals surface area contributed by atoms with Crippen molar-refractivity contribution in [2.24, 2.45) is 0 Å². The van der Waals surface area contributed by atoms with Crippen molar-refractivity contribution in [1.82, 2.24) is 0 Å². The summed E-state index contributed by atoms with van der Waals surface area (Å²) in [5, 5.41) is 9.73. The van der Waals surface area contributed by atoms with Crippen LogP contribution in [0.2, 0.25) is 0 Å². The van der Waals surface area contributed by atoms with Crippen LogP contribution < -0.4 is 0 Å². The Labute approximate surface area is 165 Å². The molecule has 0 fully saturated rings. The van der Waals surface area contributed by atoms with Gasteiger partial charge in [0.25, 0.3) is 0 Å². The summed E-state index contributed by atoms with van der Waals surface area (Å²) < 4.78 is 2.59. The zero-order chi connectivity index (χ0) is 18.5. The summed E-state index contributed by atoms with van der Waals surface area (Å²) in [6.07, 6.45) is 2.07. The molecule has 0 aliphatic rings. The maximum atomic E-state index is 9.73. The van der Waals surface area contributed by atoms with E-state index in [2.05, 4.69) is 66.7 Å². The van der Waals surface area contributed by atoms with Crippen LogP contribution >= 0.6 is 0 Å². The molecule has 0 aliphatic heterocycles. The van der Waals surface area contributed by atoms with Crippen molar-refractivity contribution in [2.45, 2.75) is 0 Å². The molecule has 27 heavy (non-hydrogen) atoms. The summed E-state index contributed by atoms with van der Waals surface area (Å²) in [7, 11) is 0. The molecule has 0 saturated carbocycles. The first-order chi connectivity index (χ1) is 13.3. The van der Waals surface area contributed by atoms with Crippen molar-refractivity contribution in [3.8, 4) is 27.2 Å². The van der Waals surface area contributed by atoms with Gasteiger partial charge in [-0.25, -0.2) is 0 Å². The Morgan fingerprint density at radius 1 is 0.741 bits per heavy atom. The van der Waals surface area contributed by atoms with Crippen molar-refractivity contribution in [2.75, 3.05) is 0 Å². The Kier molecular flexibility index (Phi) is 5.17. The molecule has 1 heterocycles. The molecule has 0 unspecified atom stereocenters. The van der Waals surface area contributed by atoms with E-state index in [0.29, 0.717) is 5.57 Å². The molecule has 3 aromatic carbocycles. The van der Waals surface area contributed by atoms with Crippen LogP contribution in [-0.4, -0.2) is 14.5 Å².